The maximum Gasteiger partial charge on any atom is 0.338 e. The summed E-state index contributed by atoms with van der Waals surface area (Å²) in [5, 5.41) is 8.64. The van der Waals surface area contributed by atoms with Crippen molar-refractivity contribution in [1.82, 2.24) is 9.97 Å². The monoisotopic (exact) mass is 194 g/mol. The fraction of sp³-hybridized carbons (Fsp3) is 0.444. The van der Waals surface area contributed by atoms with Crippen LogP contribution in [0.15, 0.2) is 12.4 Å². The van der Waals surface area contributed by atoms with Gasteiger partial charge in [-0.2, -0.15) is 0 Å². The Morgan fingerprint density at radius 1 is 1.50 bits per heavy atom. The van der Waals surface area contributed by atoms with Crippen molar-refractivity contribution in [3.8, 4) is 0 Å². The van der Waals surface area contributed by atoms with E-state index >= 15 is 0 Å². The zero-order valence-corrected chi connectivity index (χ0v) is 7.51. The number of hydrogen-bond donors (Lipinski definition) is 1. The van der Waals surface area contributed by atoms with Gasteiger partial charge in [0.25, 0.3) is 0 Å². The van der Waals surface area contributed by atoms with Crippen molar-refractivity contribution in [2.45, 2.75) is 12.3 Å². The molecular weight excluding hydrogens is 184 g/mol. The van der Waals surface area contributed by atoms with Crippen LogP contribution in [0, 0.1) is 0 Å². The van der Waals surface area contributed by atoms with E-state index in [2.05, 4.69) is 9.97 Å². The summed E-state index contributed by atoms with van der Waals surface area (Å²) in [4.78, 5) is 18.5. The summed E-state index contributed by atoms with van der Waals surface area (Å²) in [5.41, 5.74) is 0.118. The lowest BCUT2D eigenvalue weighted by Gasteiger charge is -2.04. The highest BCUT2D eigenvalue weighted by Gasteiger charge is 2.20. The van der Waals surface area contributed by atoms with Crippen molar-refractivity contribution < 1.29 is 14.6 Å². The third kappa shape index (κ3) is 1.72. The van der Waals surface area contributed by atoms with E-state index in [1.165, 1.54) is 12.4 Å². The number of carboxylic acids is 1. The number of nitrogens with zero attached hydrogens (tertiary/aromatic N) is 2. The molecule has 1 unspecified atom stereocenters. The molecule has 1 saturated heterocycles. The van der Waals surface area contributed by atoms with Gasteiger partial charge in [0, 0.05) is 24.9 Å². The maximum absolute atomic E-state index is 10.5. The molecule has 0 aromatic carbocycles. The van der Waals surface area contributed by atoms with Crippen LogP contribution in [0.1, 0.15) is 28.5 Å². The highest BCUT2D eigenvalue weighted by molar-refractivity contribution is 5.86. The summed E-state index contributed by atoms with van der Waals surface area (Å²) in [5.74, 6) is -0.107. The first-order valence-electron chi connectivity index (χ1n) is 4.40. The van der Waals surface area contributed by atoms with Gasteiger partial charge in [-0.25, -0.2) is 14.8 Å². The summed E-state index contributed by atoms with van der Waals surface area (Å²) < 4.78 is 5.19. The normalized spacial score (nSPS) is 21.0. The summed E-state index contributed by atoms with van der Waals surface area (Å²) in [6.45, 7) is 1.36. The summed E-state index contributed by atoms with van der Waals surface area (Å²) in [7, 11) is 0. The van der Waals surface area contributed by atoms with E-state index in [9.17, 15) is 4.79 Å². The number of rotatable bonds is 2. The quantitative estimate of drug-likeness (QED) is 0.749. The van der Waals surface area contributed by atoms with E-state index in [4.69, 9.17) is 9.84 Å². The van der Waals surface area contributed by atoms with Crippen LogP contribution in [0.2, 0.25) is 0 Å². The Morgan fingerprint density at radius 3 is 2.71 bits per heavy atom. The van der Waals surface area contributed by atoms with Gasteiger partial charge in [-0.3, -0.25) is 0 Å². The van der Waals surface area contributed by atoms with Crippen LogP contribution in [0.5, 0.6) is 0 Å². The van der Waals surface area contributed by atoms with Crippen LogP contribution in [-0.2, 0) is 4.74 Å². The number of carboxylic acid groups (broad SMARTS) is 1. The minimum Gasteiger partial charge on any atom is -0.478 e. The van der Waals surface area contributed by atoms with Gasteiger partial charge in [-0.1, -0.05) is 0 Å². The summed E-state index contributed by atoms with van der Waals surface area (Å²) >= 11 is 0. The van der Waals surface area contributed by atoms with E-state index in [0.29, 0.717) is 12.4 Å². The second-order valence-electron chi connectivity index (χ2n) is 3.20. The number of ether oxygens (including phenoxy) is 1. The molecule has 5 heteroatoms. The Labute approximate surface area is 80.8 Å². The molecule has 5 nitrogen and oxygen atoms in total. The first-order valence-corrected chi connectivity index (χ1v) is 4.40. The number of aromatic nitrogens is 2. The maximum atomic E-state index is 10.5. The second-order valence-corrected chi connectivity index (χ2v) is 3.20. The highest BCUT2D eigenvalue weighted by atomic mass is 16.5. The zero-order valence-electron chi connectivity index (χ0n) is 7.51. The molecule has 2 rings (SSSR count). The van der Waals surface area contributed by atoms with E-state index in [1.807, 2.05) is 0 Å². The van der Waals surface area contributed by atoms with Crippen molar-refractivity contribution in [2.75, 3.05) is 13.2 Å². The molecule has 14 heavy (non-hydrogen) atoms. The highest BCUT2D eigenvalue weighted by Crippen LogP contribution is 2.21. The molecule has 1 aromatic rings. The predicted octanol–water partition coefficient (Wildman–Crippen LogP) is 0.679. The van der Waals surface area contributed by atoms with Gasteiger partial charge in [-0.15, -0.1) is 0 Å². The molecule has 0 radical (unpaired) electrons. The minimum absolute atomic E-state index is 0.118. The topological polar surface area (TPSA) is 72.3 Å². The molecule has 2 heterocycles. The molecular formula is C9H10N2O3. The van der Waals surface area contributed by atoms with E-state index in [-0.39, 0.29) is 11.5 Å². The van der Waals surface area contributed by atoms with E-state index in [0.717, 1.165) is 13.0 Å². The molecule has 1 aliphatic rings. The first-order chi connectivity index (χ1) is 6.77. The Kier molecular flexibility index (Phi) is 2.41. The molecule has 1 fully saturated rings. The Hall–Kier alpha value is -1.49. The van der Waals surface area contributed by atoms with Gasteiger partial charge in [0.1, 0.15) is 5.82 Å². The van der Waals surface area contributed by atoms with Crippen LogP contribution in [0.4, 0.5) is 0 Å². The van der Waals surface area contributed by atoms with Crippen LogP contribution >= 0.6 is 0 Å². The van der Waals surface area contributed by atoms with Gasteiger partial charge in [0.2, 0.25) is 0 Å². The lowest BCUT2D eigenvalue weighted by molar-refractivity contribution is 0.0696. The van der Waals surface area contributed by atoms with Crippen molar-refractivity contribution in [3.63, 3.8) is 0 Å². The third-order valence-corrected chi connectivity index (χ3v) is 2.21. The molecule has 1 aliphatic heterocycles. The SMILES string of the molecule is O=C(O)c1cnc(C2CCOC2)nc1. The van der Waals surface area contributed by atoms with E-state index in [1.54, 1.807) is 0 Å². The Morgan fingerprint density at radius 2 is 2.21 bits per heavy atom. The first kappa shape index (κ1) is 9.08. The van der Waals surface area contributed by atoms with Crippen molar-refractivity contribution >= 4 is 5.97 Å². The number of aromatic carboxylic acids is 1. The standard InChI is InChI=1S/C9H10N2O3/c12-9(13)7-3-10-8(11-4-7)6-1-2-14-5-6/h3-4,6H,1-2,5H2,(H,12,13). The number of carbonyl (C=O) groups is 1. The molecule has 74 valence electrons. The van der Waals surface area contributed by atoms with Gasteiger partial charge >= 0.3 is 5.97 Å². The van der Waals surface area contributed by atoms with E-state index < -0.39 is 5.97 Å². The predicted molar refractivity (Wildman–Crippen MR) is 47.2 cm³/mol. The second kappa shape index (κ2) is 3.71. The average Bonchev–Trinajstić information content (AvgIpc) is 2.71. The fourth-order valence-electron chi connectivity index (χ4n) is 1.40. The van der Waals surface area contributed by atoms with Gasteiger partial charge < -0.3 is 9.84 Å². The molecule has 1 aromatic heterocycles. The van der Waals surface area contributed by atoms with Gasteiger partial charge in [0.15, 0.2) is 0 Å². The van der Waals surface area contributed by atoms with Crippen LogP contribution in [0.3, 0.4) is 0 Å². The third-order valence-electron chi connectivity index (χ3n) is 2.21. The molecule has 0 aliphatic carbocycles. The lowest BCUT2D eigenvalue weighted by Crippen LogP contribution is -2.06. The van der Waals surface area contributed by atoms with Crippen LogP contribution in [0.25, 0.3) is 0 Å². The Bertz CT molecular complexity index is 330. The average molecular weight is 194 g/mol. The molecule has 0 saturated carbocycles. The molecule has 1 atom stereocenters. The lowest BCUT2D eigenvalue weighted by atomic mass is 10.1. The molecule has 0 spiro atoms. The van der Waals surface area contributed by atoms with Gasteiger partial charge in [0.05, 0.1) is 12.2 Å². The van der Waals surface area contributed by atoms with Gasteiger partial charge in [-0.05, 0) is 6.42 Å². The Balaban J connectivity index is 2.16. The zero-order chi connectivity index (χ0) is 9.97. The van der Waals surface area contributed by atoms with Crippen LogP contribution in [-0.4, -0.2) is 34.3 Å². The van der Waals surface area contributed by atoms with Crippen LogP contribution < -0.4 is 0 Å². The van der Waals surface area contributed by atoms with Crippen molar-refractivity contribution in [1.29, 1.82) is 0 Å². The summed E-state index contributed by atoms with van der Waals surface area (Å²) in [6, 6.07) is 0. The summed E-state index contributed by atoms with van der Waals surface area (Å²) in [6.07, 6.45) is 3.58. The van der Waals surface area contributed by atoms with Crippen molar-refractivity contribution in [3.05, 3.63) is 23.8 Å². The molecule has 0 amide bonds. The smallest absolute Gasteiger partial charge is 0.338 e. The molecule has 0 bridgehead atoms. The largest absolute Gasteiger partial charge is 0.478 e. The molecule has 1 N–H and O–H groups in total. The van der Waals surface area contributed by atoms with Crippen molar-refractivity contribution in [2.24, 2.45) is 0 Å². The minimum atomic E-state index is -1.00. The fourth-order valence-corrected chi connectivity index (χ4v) is 1.40. The number of hydrogen-bond acceptors (Lipinski definition) is 4.